The van der Waals surface area contributed by atoms with Crippen molar-refractivity contribution in [2.24, 2.45) is 0 Å². The zero-order valence-electron chi connectivity index (χ0n) is 13.2. The second-order valence-corrected chi connectivity index (χ2v) is 5.14. The molecule has 1 heterocycles. The Balaban J connectivity index is 2.53. The molecule has 1 aromatic rings. The number of nitrogens with one attached hydrogen (secondary N) is 1. The molecule has 0 spiro atoms. The first-order chi connectivity index (χ1) is 10.6. The van der Waals surface area contributed by atoms with Crippen molar-refractivity contribution in [2.45, 2.75) is 25.8 Å². The lowest BCUT2D eigenvalue weighted by Crippen LogP contribution is -2.35. The minimum Gasteiger partial charge on any atom is -0.351 e. The van der Waals surface area contributed by atoms with E-state index >= 15 is 0 Å². The van der Waals surface area contributed by atoms with E-state index < -0.39 is 0 Å². The molecular weight excluding hydrogens is 278 g/mol. The van der Waals surface area contributed by atoms with Crippen LogP contribution >= 0.6 is 0 Å². The number of pyridine rings is 1. The molecule has 118 valence electrons. The van der Waals surface area contributed by atoms with Crippen LogP contribution in [0.5, 0.6) is 0 Å². The lowest BCUT2D eigenvalue weighted by atomic mass is 10.0. The smallest absolute Gasteiger partial charge is 0.269 e. The molecule has 0 aliphatic carbocycles. The summed E-state index contributed by atoms with van der Waals surface area (Å²) in [7, 11) is 1.75. The summed E-state index contributed by atoms with van der Waals surface area (Å²) in [6.45, 7) is 6.15. The van der Waals surface area contributed by atoms with Crippen LogP contribution in [0, 0.1) is 0 Å². The van der Waals surface area contributed by atoms with Crippen LogP contribution in [0.3, 0.4) is 0 Å². The molecule has 0 aromatic carbocycles. The minimum absolute atomic E-state index is 0.0396. The van der Waals surface area contributed by atoms with Crippen molar-refractivity contribution in [1.82, 2.24) is 15.2 Å². The van der Waals surface area contributed by atoms with Gasteiger partial charge in [-0.2, -0.15) is 0 Å². The van der Waals surface area contributed by atoms with E-state index in [1.54, 1.807) is 42.4 Å². The molecule has 1 N–H and O–H groups in total. The average molecular weight is 301 g/mol. The first-order valence-electron chi connectivity index (χ1n) is 7.23. The zero-order chi connectivity index (χ0) is 16.4. The fourth-order valence-electron chi connectivity index (χ4n) is 2.12. The second kappa shape index (κ2) is 9.50. The molecule has 0 aliphatic heterocycles. The van der Waals surface area contributed by atoms with Gasteiger partial charge in [-0.3, -0.25) is 14.6 Å². The first kappa shape index (κ1) is 17.6. The van der Waals surface area contributed by atoms with Crippen molar-refractivity contribution in [3.05, 3.63) is 54.4 Å². The molecule has 1 aromatic heterocycles. The van der Waals surface area contributed by atoms with E-state index in [4.69, 9.17) is 0 Å². The predicted molar refractivity (Wildman–Crippen MR) is 87.4 cm³/mol. The molecule has 5 heteroatoms. The van der Waals surface area contributed by atoms with Crippen LogP contribution in [0.2, 0.25) is 0 Å². The summed E-state index contributed by atoms with van der Waals surface area (Å²) in [5.41, 5.74) is 1.54. The summed E-state index contributed by atoms with van der Waals surface area (Å²) in [5.74, 6) is -0.202. The molecule has 1 atom stereocenters. The Bertz CT molecular complexity index is 526. The number of carbonyl (C=O) groups excluding carboxylic acids is 2. The van der Waals surface area contributed by atoms with E-state index in [0.717, 1.165) is 18.4 Å². The molecule has 0 radical (unpaired) electrons. The topological polar surface area (TPSA) is 62.3 Å². The zero-order valence-corrected chi connectivity index (χ0v) is 13.2. The summed E-state index contributed by atoms with van der Waals surface area (Å²) < 4.78 is 0. The maximum Gasteiger partial charge on any atom is 0.269 e. The van der Waals surface area contributed by atoms with Crippen LogP contribution in [0.25, 0.3) is 0 Å². The fourth-order valence-corrected chi connectivity index (χ4v) is 2.12. The molecule has 0 fully saturated rings. The third kappa shape index (κ3) is 5.91. The lowest BCUT2D eigenvalue weighted by Gasteiger charge is -2.25. The van der Waals surface area contributed by atoms with Gasteiger partial charge in [-0.05, 0) is 31.9 Å². The van der Waals surface area contributed by atoms with Crippen molar-refractivity contribution in [1.29, 1.82) is 0 Å². The molecular formula is C17H23N3O2. The highest BCUT2D eigenvalue weighted by atomic mass is 16.2. The summed E-state index contributed by atoms with van der Waals surface area (Å²) in [6.07, 6.45) is 7.48. The number of aromatic nitrogens is 1. The van der Waals surface area contributed by atoms with Crippen molar-refractivity contribution < 1.29 is 9.59 Å². The maximum absolute atomic E-state index is 11.9. The van der Waals surface area contributed by atoms with Crippen molar-refractivity contribution >= 4 is 12.3 Å². The van der Waals surface area contributed by atoms with Gasteiger partial charge in [-0.15, -0.1) is 0 Å². The van der Waals surface area contributed by atoms with Crippen LogP contribution in [0.4, 0.5) is 0 Å². The summed E-state index contributed by atoms with van der Waals surface area (Å²) in [5, 5.41) is 2.83. The van der Waals surface area contributed by atoms with Crippen LogP contribution in [-0.4, -0.2) is 41.8 Å². The van der Waals surface area contributed by atoms with E-state index in [1.807, 2.05) is 13.0 Å². The highest BCUT2D eigenvalue weighted by Crippen LogP contribution is 2.12. The summed E-state index contributed by atoms with van der Waals surface area (Å²) in [6, 6.07) is 5.24. The van der Waals surface area contributed by atoms with Crippen LogP contribution in [0.15, 0.2) is 48.7 Å². The molecule has 22 heavy (non-hydrogen) atoms. The Morgan fingerprint density at radius 2 is 2.27 bits per heavy atom. The van der Waals surface area contributed by atoms with Gasteiger partial charge in [0.15, 0.2) is 0 Å². The number of nitrogens with zero attached hydrogens (tertiary/aromatic N) is 2. The SMILES string of the molecule is C=C/C=C(\C)C[C@@H](CCNC(=O)c1ccccn1)N(C)C=O. The number of hydrogen-bond donors (Lipinski definition) is 1. The molecule has 0 unspecified atom stereocenters. The molecule has 0 aliphatic rings. The Morgan fingerprint density at radius 3 is 2.86 bits per heavy atom. The van der Waals surface area contributed by atoms with E-state index in [9.17, 15) is 9.59 Å². The maximum atomic E-state index is 11.9. The Labute approximate surface area is 131 Å². The van der Waals surface area contributed by atoms with Gasteiger partial charge in [0.1, 0.15) is 5.69 Å². The first-order valence-corrected chi connectivity index (χ1v) is 7.23. The number of amides is 2. The average Bonchev–Trinajstić information content (AvgIpc) is 2.54. The molecule has 5 nitrogen and oxygen atoms in total. The van der Waals surface area contributed by atoms with Crippen molar-refractivity contribution in [2.75, 3.05) is 13.6 Å². The van der Waals surface area contributed by atoms with Gasteiger partial charge in [0.25, 0.3) is 5.91 Å². The van der Waals surface area contributed by atoms with E-state index in [0.29, 0.717) is 18.7 Å². The van der Waals surface area contributed by atoms with Gasteiger partial charge >= 0.3 is 0 Å². The van der Waals surface area contributed by atoms with Crippen LogP contribution in [-0.2, 0) is 4.79 Å². The third-order valence-corrected chi connectivity index (χ3v) is 3.36. The molecule has 1 rings (SSSR count). The van der Waals surface area contributed by atoms with E-state index in [2.05, 4.69) is 16.9 Å². The highest BCUT2D eigenvalue weighted by Gasteiger charge is 2.14. The standard InChI is InChI=1S/C17H23N3O2/c1-4-7-14(2)12-15(20(3)13-21)9-11-19-17(22)16-8-5-6-10-18-16/h4-8,10,13,15H,1,9,11-12H2,2-3H3,(H,19,22)/b14-7+/t15-/m1/s1. The van der Waals surface area contributed by atoms with E-state index in [-0.39, 0.29) is 11.9 Å². The molecule has 0 bridgehead atoms. The van der Waals surface area contributed by atoms with Crippen molar-refractivity contribution in [3.63, 3.8) is 0 Å². The highest BCUT2D eigenvalue weighted by molar-refractivity contribution is 5.92. The molecule has 0 saturated heterocycles. The normalized spacial score (nSPS) is 12.4. The number of hydrogen-bond acceptors (Lipinski definition) is 3. The predicted octanol–water partition coefficient (Wildman–Crippen LogP) is 2.18. The summed E-state index contributed by atoms with van der Waals surface area (Å²) >= 11 is 0. The monoisotopic (exact) mass is 301 g/mol. The Kier molecular flexibility index (Phi) is 7.61. The number of rotatable bonds is 9. The van der Waals surface area contributed by atoms with Gasteiger partial charge in [0.2, 0.25) is 6.41 Å². The van der Waals surface area contributed by atoms with Gasteiger partial charge in [-0.25, -0.2) is 0 Å². The van der Waals surface area contributed by atoms with Crippen LogP contribution < -0.4 is 5.32 Å². The Morgan fingerprint density at radius 1 is 1.50 bits per heavy atom. The Hall–Kier alpha value is -2.43. The van der Waals surface area contributed by atoms with Crippen LogP contribution in [0.1, 0.15) is 30.3 Å². The molecule has 0 saturated carbocycles. The van der Waals surface area contributed by atoms with E-state index in [1.165, 1.54) is 0 Å². The largest absolute Gasteiger partial charge is 0.351 e. The van der Waals surface area contributed by atoms with Gasteiger partial charge in [-0.1, -0.05) is 30.4 Å². The quantitative estimate of drug-likeness (QED) is 0.562. The van der Waals surface area contributed by atoms with Crippen molar-refractivity contribution in [3.8, 4) is 0 Å². The third-order valence-electron chi connectivity index (χ3n) is 3.36. The van der Waals surface area contributed by atoms with Gasteiger partial charge < -0.3 is 10.2 Å². The number of carbonyl (C=O) groups is 2. The second-order valence-electron chi connectivity index (χ2n) is 5.14. The number of allylic oxidation sites excluding steroid dienone is 2. The lowest BCUT2D eigenvalue weighted by molar-refractivity contribution is -0.118. The summed E-state index contributed by atoms with van der Waals surface area (Å²) in [4.78, 5) is 28.5. The van der Waals surface area contributed by atoms with Gasteiger partial charge in [0.05, 0.1) is 0 Å². The minimum atomic E-state index is -0.202. The fraction of sp³-hybridized carbons (Fsp3) is 0.353. The molecule has 2 amide bonds. The van der Waals surface area contributed by atoms with Gasteiger partial charge in [0, 0.05) is 25.8 Å².